The molecule has 2 rings (SSSR count). The van der Waals surface area contributed by atoms with E-state index in [1.807, 2.05) is 11.8 Å². The average Bonchev–Trinajstić information content (AvgIpc) is 2.33. The van der Waals surface area contributed by atoms with E-state index in [0.29, 0.717) is 33.8 Å². The molecule has 1 aliphatic rings. The highest BCUT2D eigenvalue weighted by Gasteiger charge is 2.31. The summed E-state index contributed by atoms with van der Waals surface area (Å²) in [6.45, 7) is 3.39. The predicted octanol–water partition coefficient (Wildman–Crippen LogP) is 3.34. The van der Waals surface area contributed by atoms with Gasteiger partial charge >= 0.3 is 0 Å². The maximum atomic E-state index is 12.1. The van der Waals surface area contributed by atoms with Gasteiger partial charge in [0.25, 0.3) is 0 Å². The molecule has 1 amide bonds. The van der Waals surface area contributed by atoms with Gasteiger partial charge < -0.3 is 4.90 Å². The number of rotatable bonds is 2. The SMILES string of the molecule is CCN1CCC(=O)N(c2c(Cl)cccc2Cl)C1=S. The van der Waals surface area contributed by atoms with Crippen LogP contribution in [0.15, 0.2) is 18.2 Å². The van der Waals surface area contributed by atoms with Gasteiger partial charge in [0.05, 0.1) is 15.7 Å². The third-order valence-corrected chi connectivity index (χ3v) is 3.90. The maximum Gasteiger partial charge on any atom is 0.235 e. The summed E-state index contributed by atoms with van der Waals surface area (Å²) in [7, 11) is 0. The lowest BCUT2D eigenvalue weighted by molar-refractivity contribution is -0.118. The molecule has 0 saturated carbocycles. The summed E-state index contributed by atoms with van der Waals surface area (Å²) in [6.07, 6.45) is 0.412. The molecule has 0 radical (unpaired) electrons. The van der Waals surface area contributed by atoms with Crippen LogP contribution >= 0.6 is 35.4 Å². The third kappa shape index (κ3) is 2.32. The van der Waals surface area contributed by atoms with Crippen molar-refractivity contribution in [2.45, 2.75) is 13.3 Å². The van der Waals surface area contributed by atoms with Crippen molar-refractivity contribution in [3.05, 3.63) is 28.2 Å². The van der Waals surface area contributed by atoms with Gasteiger partial charge in [-0.25, -0.2) is 0 Å². The normalized spacial score (nSPS) is 16.4. The van der Waals surface area contributed by atoms with E-state index in [-0.39, 0.29) is 5.91 Å². The van der Waals surface area contributed by atoms with Crippen molar-refractivity contribution in [2.24, 2.45) is 0 Å². The zero-order chi connectivity index (χ0) is 13.3. The highest BCUT2D eigenvalue weighted by atomic mass is 35.5. The van der Waals surface area contributed by atoms with Crippen LogP contribution in [-0.2, 0) is 4.79 Å². The van der Waals surface area contributed by atoms with E-state index in [1.165, 1.54) is 4.90 Å². The number of carbonyl (C=O) groups is 1. The number of thiocarbonyl (C=S) groups is 1. The number of carbonyl (C=O) groups excluding carboxylic acids is 1. The molecule has 96 valence electrons. The van der Waals surface area contributed by atoms with Crippen molar-refractivity contribution in [1.82, 2.24) is 4.90 Å². The van der Waals surface area contributed by atoms with E-state index in [1.54, 1.807) is 18.2 Å². The molecule has 6 heteroatoms. The molecule has 0 atom stereocenters. The van der Waals surface area contributed by atoms with Gasteiger partial charge in [0.15, 0.2) is 5.11 Å². The van der Waals surface area contributed by atoms with E-state index in [4.69, 9.17) is 35.4 Å². The lowest BCUT2D eigenvalue weighted by atomic mass is 10.2. The number of halogens is 2. The molecule has 1 heterocycles. The summed E-state index contributed by atoms with van der Waals surface area (Å²) < 4.78 is 0. The van der Waals surface area contributed by atoms with Gasteiger partial charge in [-0.15, -0.1) is 0 Å². The van der Waals surface area contributed by atoms with Gasteiger partial charge in [0.2, 0.25) is 5.91 Å². The minimum absolute atomic E-state index is 0.0697. The van der Waals surface area contributed by atoms with E-state index in [0.717, 1.165) is 6.54 Å². The molecule has 1 saturated heterocycles. The molecule has 18 heavy (non-hydrogen) atoms. The topological polar surface area (TPSA) is 23.6 Å². The molecule has 1 aromatic carbocycles. The Kier molecular flexibility index (Phi) is 4.10. The molecular formula is C12H12Cl2N2OS. The van der Waals surface area contributed by atoms with Gasteiger partial charge in [-0.2, -0.15) is 0 Å². The van der Waals surface area contributed by atoms with Gasteiger partial charge in [-0.05, 0) is 31.3 Å². The number of benzene rings is 1. The van der Waals surface area contributed by atoms with E-state index in [9.17, 15) is 4.79 Å². The van der Waals surface area contributed by atoms with E-state index >= 15 is 0 Å². The minimum atomic E-state index is -0.0697. The van der Waals surface area contributed by atoms with Gasteiger partial charge in [0, 0.05) is 19.5 Å². The molecule has 0 unspecified atom stereocenters. The number of hydrogen-bond acceptors (Lipinski definition) is 2. The summed E-state index contributed by atoms with van der Waals surface area (Å²) in [5.74, 6) is -0.0697. The molecule has 3 nitrogen and oxygen atoms in total. The molecule has 0 aromatic heterocycles. The molecule has 1 aliphatic heterocycles. The van der Waals surface area contributed by atoms with Crippen molar-refractivity contribution in [1.29, 1.82) is 0 Å². The number of para-hydroxylation sites is 1. The fourth-order valence-corrected chi connectivity index (χ4v) is 2.88. The molecular weight excluding hydrogens is 291 g/mol. The van der Waals surface area contributed by atoms with Crippen LogP contribution < -0.4 is 4.90 Å². The Morgan fingerprint density at radius 2 is 1.94 bits per heavy atom. The quantitative estimate of drug-likeness (QED) is 0.783. The fourth-order valence-electron chi connectivity index (χ4n) is 1.90. The molecule has 0 spiro atoms. The Morgan fingerprint density at radius 1 is 1.33 bits per heavy atom. The summed E-state index contributed by atoms with van der Waals surface area (Å²) in [4.78, 5) is 15.5. The van der Waals surface area contributed by atoms with Crippen LogP contribution in [-0.4, -0.2) is 29.0 Å². The summed E-state index contributed by atoms with van der Waals surface area (Å²) >= 11 is 17.6. The smallest absolute Gasteiger partial charge is 0.235 e. The highest BCUT2D eigenvalue weighted by Crippen LogP contribution is 2.35. The standard InChI is InChI=1S/C12H12Cl2N2OS/c1-2-15-7-6-10(17)16(12(15)18)11-8(13)4-3-5-9(11)14/h3-5H,2,6-7H2,1H3. The Morgan fingerprint density at radius 3 is 2.50 bits per heavy atom. The van der Waals surface area contributed by atoms with Crippen molar-refractivity contribution in [2.75, 3.05) is 18.0 Å². The second-order valence-electron chi connectivity index (χ2n) is 3.91. The molecule has 1 aromatic rings. The van der Waals surface area contributed by atoms with Crippen molar-refractivity contribution < 1.29 is 4.79 Å². The largest absolute Gasteiger partial charge is 0.348 e. The first-order valence-corrected chi connectivity index (χ1v) is 6.78. The second kappa shape index (κ2) is 5.43. The first-order chi connectivity index (χ1) is 8.56. The van der Waals surface area contributed by atoms with Crippen LogP contribution in [0.4, 0.5) is 5.69 Å². The van der Waals surface area contributed by atoms with Crippen LogP contribution in [0.3, 0.4) is 0 Å². The number of nitrogens with zero attached hydrogens (tertiary/aromatic N) is 2. The molecule has 0 aliphatic carbocycles. The lowest BCUT2D eigenvalue weighted by Gasteiger charge is -2.37. The van der Waals surface area contributed by atoms with Gasteiger partial charge in [0.1, 0.15) is 0 Å². The number of hydrogen-bond donors (Lipinski definition) is 0. The minimum Gasteiger partial charge on any atom is -0.348 e. The maximum absolute atomic E-state index is 12.1. The van der Waals surface area contributed by atoms with Gasteiger partial charge in [-0.3, -0.25) is 9.69 Å². The van der Waals surface area contributed by atoms with Gasteiger partial charge in [-0.1, -0.05) is 29.3 Å². The van der Waals surface area contributed by atoms with Crippen LogP contribution in [0.5, 0.6) is 0 Å². The number of amides is 1. The van der Waals surface area contributed by atoms with Crippen molar-refractivity contribution >= 4 is 52.1 Å². The first-order valence-electron chi connectivity index (χ1n) is 5.62. The average molecular weight is 303 g/mol. The van der Waals surface area contributed by atoms with Crippen molar-refractivity contribution in [3.63, 3.8) is 0 Å². The molecule has 1 fully saturated rings. The van der Waals surface area contributed by atoms with E-state index < -0.39 is 0 Å². The third-order valence-electron chi connectivity index (χ3n) is 2.85. The Labute approximate surface area is 121 Å². The van der Waals surface area contributed by atoms with Crippen LogP contribution in [0.2, 0.25) is 10.0 Å². The summed E-state index contributed by atoms with van der Waals surface area (Å²) in [5, 5.41) is 1.32. The zero-order valence-corrected chi connectivity index (χ0v) is 12.1. The molecule has 0 N–H and O–H groups in total. The fraction of sp³-hybridized carbons (Fsp3) is 0.333. The highest BCUT2D eigenvalue weighted by molar-refractivity contribution is 7.80. The zero-order valence-electron chi connectivity index (χ0n) is 9.82. The number of anilines is 1. The Balaban J connectivity index is 2.47. The summed E-state index contributed by atoms with van der Waals surface area (Å²) in [6, 6.07) is 5.14. The van der Waals surface area contributed by atoms with Crippen LogP contribution in [0, 0.1) is 0 Å². The predicted molar refractivity (Wildman–Crippen MR) is 78.4 cm³/mol. The second-order valence-corrected chi connectivity index (χ2v) is 5.09. The lowest BCUT2D eigenvalue weighted by Crippen LogP contribution is -2.52. The van der Waals surface area contributed by atoms with Crippen LogP contribution in [0.25, 0.3) is 0 Å². The molecule has 0 bridgehead atoms. The Bertz CT molecular complexity index is 487. The monoisotopic (exact) mass is 302 g/mol. The first kappa shape index (κ1) is 13.6. The van der Waals surface area contributed by atoms with Crippen molar-refractivity contribution in [3.8, 4) is 0 Å². The Hall–Kier alpha value is -0.840. The summed E-state index contributed by atoms with van der Waals surface area (Å²) in [5.41, 5.74) is 0.481. The van der Waals surface area contributed by atoms with E-state index in [2.05, 4.69) is 0 Å². The van der Waals surface area contributed by atoms with Crippen LogP contribution in [0.1, 0.15) is 13.3 Å².